The molecule has 1 aromatic rings. The molecule has 2 aliphatic rings. The first-order chi connectivity index (χ1) is 9.20. The van der Waals surface area contributed by atoms with Gasteiger partial charge in [-0.05, 0) is 45.3 Å². The van der Waals surface area contributed by atoms with Gasteiger partial charge in [-0.2, -0.15) is 0 Å². The van der Waals surface area contributed by atoms with Crippen LogP contribution < -0.4 is 5.32 Å². The molecule has 1 saturated heterocycles. The maximum Gasteiger partial charge on any atom is 0.225 e. The van der Waals surface area contributed by atoms with Gasteiger partial charge in [0.2, 0.25) is 5.91 Å². The van der Waals surface area contributed by atoms with E-state index in [2.05, 4.69) is 27.2 Å². The highest BCUT2D eigenvalue weighted by atomic mass is 16.2. The van der Waals surface area contributed by atoms with Crippen molar-refractivity contribution < 1.29 is 4.79 Å². The van der Waals surface area contributed by atoms with Crippen molar-refractivity contribution in [2.45, 2.75) is 31.2 Å². The van der Waals surface area contributed by atoms with Gasteiger partial charge in [-0.1, -0.05) is 0 Å². The fourth-order valence-corrected chi connectivity index (χ4v) is 2.79. The van der Waals surface area contributed by atoms with Crippen LogP contribution in [0.2, 0.25) is 0 Å². The van der Waals surface area contributed by atoms with Crippen molar-refractivity contribution in [3.8, 4) is 0 Å². The number of carbonyl (C=O) groups excluding carboxylic acids is 1. The molecule has 1 saturated carbocycles. The highest BCUT2D eigenvalue weighted by Gasteiger charge is 2.49. The molecule has 0 bridgehead atoms. The Morgan fingerprint density at radius 2 is 2.16 bits per heavy atom. The van der Waals surface area contributed by atoms with Crippen molar-refractivity contribution in [3.05, 3.63) is 24.3 Å². The average molecular weight is 260 g/mol. The fraction of sp³-hybridized carbons (Fsp3) is 0.643. The minimum Gasteiger partial charge on any atom is -0.343 e. The number of aromatic nitrogens is 2. The van der Waals surface area contributed by atoms with Crippen molar-refractivity contribution in [1.82, 2.24) is 20.2 Å². The third kappa shape index (κ3) is 2.61. The summed E-state index contributed by atoms with van der Waals surface area (Å²) in [6, 6.07) is 1.80. The SMILES string of the molecule is CN1CCCC(C(=O)NC2(c3ncccn3)CC2)C1. The summed E-state index contributed by atoms with van der Waals surface area (Å²) in [5, 5.41) is 3.18. The number of rotatable bonds is 3. The third-order valence-electron chi connectivity index (χ3n) is 4.10. The van der Waals surface area contributed by atoms with Crippen molar-refractivity contribution in [2.75, 3.05) is 20.1 Å². The van der Waals surface area contributed by atoms with E-state index in [0.29, 0.717) is 0 Å². The van der Waals surface area contributed by atoms with Gasteiger partial charge in [0.25, 0.3) is 0 Å². The summed E-state index contributed by atoms with van der Waals surface area (Å²) in [6.07, 6.45) is 7.47. The van der Waals surface area contributed by atoms with Gasteiger partial charge in [-0.3, -0.25) is 4.79 Å². The summed E-state index contributed by atoms with van der Waals surface area (Å²) in [4.78, 5) is 23.2. The summed E-state index contributed by atoms with van der Waals surface area (Å²) in [7, 11) is 2.08. The molecule has 1 aliphatic carbocycles. The molecule has 1 atom stereocenters. The first-order valence-corrected chi connectivity index (χ1v) is 6.98. The normalized spacial score (nSPS) is 25.8. The van der Waals surface area contributed by atoms with E-state index in [4.69, 9.17) is 0 Å². The van der Waals surface area contributed by atoms with E-state index >= 15 is 0 Å². The third-order valence-corrected chi connectivity index (χ3v) is 4.10. The lowest BCUT2D eigenvalue weighted by molar-refractivity contribution is -0.127. The molecule has 2 heterocycles. The lowest BCUT2D eigenvalue weighted by Crippen LogP contribution is -2.45. The van der Waals surface area contributed by atoms with Crippen LogP contribution >= 0.6 is 0 Å². The zero-order valence-corrected chi connectivity index (χ0v) is 11.3. The van der Waals surface area contributed by atoms with E-state index in [1.54, 1.807) is 18.5 Å². The lowest BCUT2D eigenvalue weighted by Gasteiger charge is -2.30. The van der Waals surface area contributed by atoms with Crippen LogP contribution in [0.15, 0.2) is 18.5 Å². The molecule has 102 valence electrons. The molecule has 0 radical (unpaired) electrons. The number of hydrogen-bond acceptors (Lipinski definition) is 4. The molecular weight excluding hydrogens is 240 g/mol. The number of piperidine rings is 1. The Labute approximate surface area is 113 Å². The molecule has 1 N–H and O–H groups in total. The van der Waals surface area contributed by atoms with Crippen LogP contribution in [0.25, 0.3) is 0 Å². The number of hydrogen-bond donors (Lipinski definition) is 1. The molecule has 5 heteroatoms. The van der Waals surface area contributed by atoms with E-state index in [0.717, 1.165) is 44.6 Å². The van der Waals surface area contributed by atoms with E-state index in [1.807, 2.05) is 0 Å². The number of nitrogens with zero attached hydrogens (tertiary/aromatic N) is 3. The Hall–Kier alpha value is -1.49. The molecule has 0 aromatic carbocycles. The maximum absolute atomic E-state index is 12.4. The van der Waals surface area contributed by atoms with Gasteiger partial charge in [0, 0.05) is 18.9 Å². The van der Waals surface area contributed by atoms with E-state index in [-0.39, 0.29) is 17.4 Å². The molecule has 0 spiro atoms. The topological polar surface area (TPSA) is 58.1 Å². The van der Waals surface area contributed by atoms with Crippen LogP contribution in [0.4, 0.5) is 0 Å². The second kappa shape index (κ2) is 4.89. The van der Waals surface area contributed by atoms with Gasteiger partial charge in [0.15, 0.2) is 5.82 Å². The predicted molar refractivity (Wildman–Crippen MR) is 71.3 cm³/mol. The Bertz CT molecular complexity index is 458. The molecule has 5 nitrogen and oxygen atoms in total. The Kier molecular flexibility index (Phi) is 3.22. The summed E-state index contributed by atoms with van der Waals surface area (Å²) in [5.41, 5.74) is -0.283. The van der Waals surface area contributed by atoms with Crippen LogP contribution in [-0.2, 0) is 10.3 Å². The van der Waals surface area contributed by atoms with Gasteiger partial charge in [0.1, 0.15) is 0 Å². The van der Waals surface area contributed by atoms with Crippen molar-refractivity contribution in [2.24, 2.45) is 5.92 Å². The Morgan fingerprint density at radius 3 is 2.79 bits per heavy atom. The summed E-state index contributed by atoms with van der Waals surface area (Å²) in [5.74, 6) is 1.03. The fourth-order valence-electron chi connectivity index (χ4n) is 2.79. The average Bonchev–Trinajstić information content (AvgIpc) is 3.21. The standard InChI is InChI=1S/C14H20N4O/c1-18-9-2-4-11(10-18)12(19)17-14(5-6-14)13-15-7-3-8-16-13/h3,7-8,11H,2,4-6,9-10H2,1H3,(H,17,19). The first kappa shape index (κ1) is 12.5. The van der Waals surface area contributed by atoms with E-state index < -0.39 is 0 Å². The number of likely N-dealkylation sites (tertiary alicyclic amines) is 1. The molecule has 3 rings (SSSR count). The monoisotopic (exact) mass is 260 g/mol. The van der Waals surface area contributed by atoms with Crippen LogP contribution in [-0.4, -0.2) is 40.9 Å². The van der Waals surface area contributed by atoms with Gasteiger partial charge < -0.3 is 10.2 Å². The quantitative estimate of drug-likeness (QED) is 0.878. The summed E-state index contributed by atoms with van der Waals surface area (Å²) >= 11 is 0. The zero-order valence-electron chi connectivity index (χ0n) is 11.3. The molecule has 2 fully saturated rings. The summed E-state index contributed by atoms with van der Waals surface area (Å²) in [6.45, 7) is 1.95. The van der Waals surface area contributed by atoms with Crippen LogP contribution in [0.5, 0.6) is 0 Å². The van der Waals surface area contributed by atoms with Crippen molar-refractivity contribution in [1.29, 1.82) is 0 Å². The van der Waals surface area contributed by atoms with Gasteiger partial charge >= 0.3 is 0 Å². The first-order valence-electron chi connectivity index (χ1n) is 6.98. The van der Waals surface area contributed by atoms with Crippen LogP contribution in [0, 0.1) is 5.92 Å². The molecule has 1 aromatic heterocycles. The Balaban J connectivity index is 1.66. The zero-order chi connectivity index (χ0) is 13.3. The Morgan fingerprint density at radius 1 is 1.42 bits per heavy atom. The highest BCUT2D eigenvalue weighted by molar-refractivity contribution is 5.80. The smallest absolute Gasteiger partial charge is 0.225 e. The lowest BCUT2D eigenvalue weighted by atomic mass is 9.97. The summed E-state index contributed by atoms with van der Waals surface area (Å²) < 4.78 is 0. The molecule has 1 unspecified atom stereocenters. The van der Waals surface area contributed by atoms with Gasteiger partial charge in [0.05, 0.1) is 11.5 Å². The minimum absolute atomic E-state index is 0.111. The van der Waals surface area contributed by atoms with Crippen molar-refractivity contribution >= 4 is 5.91 Å². The van der Waals surface area contributed by atoms with Crippen LogP contribution in [0.1, 0.15) is 31.5 Å². The second-order valence-corrected chi connectivity index (χ2v) is 5.75. The number of carbonyl (C=O) groups is 1. The largest absolute Gasteiger partial charge is 0.343 e. The second-order valence-electron chi connectivity index (χ2n) is 5.75. The van der Waals surface area contributed by atoms with E-state index in [1.165, 1.54) is 0 Å². The molecule has 1 amide bonds. The molecule has 19 heavy (non-hydrogen) atoms. The molecular formula is C14H20N4O. The molecule has 1 aliphatic heterocycles. The van der Waals surface area contributed by atoms with Gasteiger partial charge in [-0.15, -0.1) is 0 Å². The van der Waals surface area contributed by atoms with E-state index in [9.17, 15) is 4.79 Å². The van der Waals surface area contributed by atoms with Crippen LogP contribution in [0.3, 0.4) is 0 Å². The predicted octanol–water partition coefficient (Wildman–Crippen LogP) is 0.924. The van der Waals surface area contributed by atoms with Gasteiger partial charge in [-0.25, -0.2) is 9.97 Å². The number of nitrogens with one attached hydrogen (secondary N) is 1. The van der Waals surface area contributed by atoms with Crippen molar-refractivity contribution in [3.63, 3.8) is 0 Å². The number of amides is 1. The minimum atomic E-state index is -0.283. The maximum atomic E-state index is 12.4. The highest BCUT2D eigenvalue weighted by Crippen LogP contribution is 2.43.